The van der Waals surface area contributed by atoms with Gasteiger partial charge >= 0.3 is 0 Å². The van der Waals surface area contributed by atoms with Crippen LogP contribution in [0.15, 0.2) is 12.1 Å². The van der Waals surface area contributed by atoms with E-state index in [-0.39, 0.29) is 5.41 Å². The summed E-state index contributed by atoms with van der Waals surface area (Å²) in [7, 11) is 0. The van der Waals surface area contributed by atoms with E-state index in [0.29, 0.717) is 0 Å². The number of aliphatic hydroxyl groups is 1. The second kappa shape index (κ2) is 4.57. The molecule has 1 atom stereocenters. The molecule has 1 nitrogen and oxygen atoms in total. The van der Waals surface area contributed by atoms with Crippen LogP contribution in [0, 0.1) is 26.2 Å². The Bertz CT molecular complexity index is 464. The molecule has 18 heavy (non-hydrogen) atoms. The smallest absolute Gasteiger partial charge is 0.104 e. The molecule has 0 radical (unpaired) electrons. The van der Waals surface area contributed by atoms with E-state index in [9.17, 15) is 5.11 Å². The Hall–Kier alpha value is -0.470. The minimum absolute atomic E-state index is 0.0509. The van der Waals surface area contributed by atoms with E-state index in [1.807, 2.05) is 11.8 Å². The summed E-state index contributed by atoms with van der Waals surface area (Å²) in [4.78, 5) is 0. The van der Waals surface area contributed by atoms with Crippen molar-refractivity contribution < 1.29 is 5.11 Å². The zero-order valence-corrected chi connectivity index (χ0v) is 12.9. The molecule has 0 aliphatic carbocycles. The summed E-state index contributed by atoms with van der Waals surface area (Å²) in [5.41, 5.74) is 4.18. The fraction of sp³-hybridized carbons (Fsp3) is 0.625. The second-order valence-electron chi connectivity index (χ2n) is 6.30. The van der Waals surface area contributed by atoms with Gasteiger partial charge in [0.15, 0.2) is 0 Å². The van der Waals surface area contributed by atoms with Crippen LogP contribution < -0.4 is 0 Å². The molecule has 1 aromatic rings. The third-order valence-electron chi connectivity index (χ3n) is 4.59. The molecule has 1 N–H and O–H groups in total. The molecule has 2 heteroatoms. The number of rotatable bonds is 1. The fourth-order valence-electron chi connectivity index (χ4n) is 2.80. The Labute approximate surface area is 115 Å². The van der Waals surface area contributed by atoms with Crippen molar-refractivity contribution in [3.63, 3.8) is 0 Å². The molecule has 1 aromatic carbocycles. The standard InChI is InChI=1S/C16H24OS/c1-11-8-13(3)14(9-12(11)2)16(17)10-18-7-6-15(16,4)5/h8-9,17H,6-7,10H2,1-5H3. The Morgan fingerprint density at radius 3 is 2.28 bits per heavy atom. The highest BCUT2D eigenvalue weighted by Crippen LogP contribution is 2.49. The van der Waals surface area contributed by atoms with Crippen LogP contribution in [0.2, 0.25) is 0 Å². The van der Waals surface area contributed by atoms with Crippen LogP contribution in [-0.2, 0) is 5.60 Å². The highest BCUT2D eigenvalue weighted by molar-refractivity contribution is 7.99. The third kappa shape index (κ3) is 2.10. The molecular formula is C16H24OS. The third-order valence-corrected chi connectivity index (χ3v) is 5.70. The van der Waals surface area contributed by atoms with Gasteiger partial charge in [0.05, 0.1) is 0 Å². The average molecular weight is 264 g/mol. The molecule has 0 aromatic heterocycles. The van der Waals surface area contributed by atoms with E-state index in [2.05, 4.69) is 46.8 Å². The van der Waals surface area contributed by atoms with Gasteiger partial charge in [0.1, 0.15) is 5.60 Å². The Morgan fingerprint density at radius 2 is 1.67 bits per heavy atom. The van der Waals surface area contributed by atoms with Crippen LogP contribution >= 0.6 is 11.8 Å². The first kappa shape index (κ1) is 14.0. The van der Waals surface area contributed by atoms with Crippen molar-refractivity contribution in [3.05, 3.63) is 34.4 Å². The largest absolute Gasteiger partial charge is 0.384 e. The van der Waals surface area contributed by atoms with E-state index in [1.165, 1.54) is 16.7 Å². The SMILES string of the molecule is Cc1cc(C)c(C2(O)CSCCC2(C)C)cc1C. The van der Waals surface area contributed by atoms with Gasteiger partial charge in [-0.25, -0.2) is 0 Å². The molecule has 100 valence electrons. The predicted molar refractivity (Wildman–Crippen MR) is 80.3 cm³/mol. The van der Waals surface area contributed by atoms with Gasteiger partial charge in [-0.2, -0.15) is 11.8 Å². The van der Waals surface area contributed by atoms with Gasteiger partial charge in [-0.15, -0.1) is 0 Å². The molecule has 1 heterocycles. The number of aryl methyl sites for hydroxylation is 3. The van der Waals surface area contributed by atoms with Gasteiger partial charge < -0.3 is 5.11 Å². The van der Waals surface area contributed by atoms with E-state index in [1.54, 1.807) is 0 Å². The lowest BCUT2D eigenvalue weighted by atomic mass is 9.68. The molecule has 0 saturated carbocycles. The molecule has 1 fully saturated rings. The minimum Gasteiger partial charge on any atom is -0.384 e. The molecule has 0 amide bonds. The Kier molecular flexibility index (Phi) is 3.54. The fourth-order valence-corrected chi connectivity index (χ4v) is 4.44. The monoisotopic (exact) mass is 264 g/mol. The normalized spacial score (nSPS) is 27.2. The number of hydrogen-bond donors (Lipinski definition) is 1. The first-order valence-electron chi connectivity index (χ1n) is 6.66. The van der Waals surface area contributed by atoms with E-state index in [0.717, 1.165) is 23.5 Å². The maximum absolute atomic E-state index is 11.2. The molecule has 0 bridgehead atoms. The summed E-state index contributed by atoms with van der Waals surface area (Å²) in [6.45, 7) is 10.8. The summed E-state index contributed by atoms with van der Waals surface area (Å²) in [6, 6.07) is 4.40. The molecule has 1 aliphatic heterocycles. The summed E-state index contributed by atoms with van der Waals surface area (Å²) < 4.78 is 0. The number of thioether (sulfide) groups is 1. The van der Waals surface area contributed by atoms with Crippen LogP contribution in [0.1, 0.15) is 42.5 Å². The minimum atomic E-state index is -0.696. The topological polar surface area (TPSA) is 20.2 Å². The second-order valence-corrected chi connectivity index (χ2v) is 7.40. The van der Waals surface area contributed by atoms with Crippen molar-refractivity contribution in [3.8, 4) is 0 Å². The molecule has 1 unspecified atom stereocenters. The van der Waals surface area contributed by atoms with Gasteiger partial charge in [0.25, 0.3) is 0 Å². The van der Waals surface area contributed by atoms with Crippen molar-refractivity contribution >= 4 is 11.8 Å². The van der Waals surface area contributed by atoms with E-state index >= 15 is 0 Å². The summed E-state index contributed by atoms with van der Waals surface area (Å²) >= 11 is 1.87. The van der Waals surface area contributed by atoms with Crippen LogP contribution in [-0.4, -0.2) is 16.6 Å². The lowest BCUT2D eigenvalue weighted by Crippen LogP contribution is -2.47. The van der Waals surface area contributed by atoms with Gasteiger partial charge in [0.2, 0.25) is 0 Å². The number of hydrogen-bond acceptors (Lipinski definition) is 2. The summed E-state index contributed by atoms with van der Waals surface area (Å²) in [6.07, 6.45) is 1.07. The first-order valence-corrected chi connectivity index (χ1v) is 7.82. The maximum atomic E-state index is 11.2. The quantitative estimate of drug-likeness (QED) is 0.828. The van der Waals surface area contributed by atoms with Gasteiger partial charge in [-0.3, -0.25) is 0 Å². The van der Waals surface area contributed by atoms with Crippen molar-refractivity contribution in [2.45, 2.75) is 46.6 Å². The molecule has 0 spiro atoms. The van der Waals surface area contributed by atoms with Gasteiger partial charge in [0, 0.05) is 5.75 Å². The van der Waals surface area contributed by atoms with E-state index in [4.69, 9.17) is 0 Å². The lowest BCUT2D eigenvalue weighted by Gasteiger charge is -2.47. The van der Waals surface area contributed by atoms with Crippen LogP contribution in [0.4, 0.5) is 0 Å². The van der Waals surface area contributed by atoms with Crippen molar-refractivity contribution in [2.75, 3.05) is 11.5 Å². The van der Waals surface area contributed by atoms with Crippen LogP contribution in [0.5, 0.6) is 0 Å². The predicted octanol–water partition coefficient (Wildman–Crippen LogP) is 3.96. The van der Waals surface area contributed by atoms with Gasteiger partial charge in [-0.1, -0.05) is 26.0 Å². The Morgan fingerprint density at radius 1 is 1.06 bits per heavy atom. The molecule has 1 aliphatic rings. The Balaban J connectivity index is 2.56. The van der Waals surface area contributed by atoms with Crippen molar-refractivity contribution in [1.29, 1.82) is 0 Å². The first-order chi connectivity index (χ1) is 8.28. The van der Waals surface area contributed by atoms with Crippen LogP contribution in [0.3, 0.4) is 0 Å². The maximum Gasteiger partial charge on any atom is 0.104 e. The number of benzene rings is 1. The molecule has 1 saturated heterocycles. The van der Waals surface area contributed by atoms with E-state index < -0.39 is 5.60 Å². The lowest BCUT2D eigenvalue weighted by molar-refractivity contribution is -0.0583. The zero-order valence-electron chi connectivity index (χ0n) is 12.1. The van der Waals surface area contributed by atoms with Crippen LogP contribution in [0.25, 0.3) is 0 Å². The highest BCUT2D eigenvalue weighted by atomic mass is 32.2. The molecular weight excluding hydrogens is 240 g/mol. The molecule has 2 rings (SSSR count). The van der Waals surface area contributed by atoms with Crippen molar-refractivity contribution in [2.24, 2.45) is 5.41 Å². The average Bonchev–Trinajstić information content (AvgIpc) is 2.27. The summed E-state index contributed by atoms with van der Waals surface area (Å²) in [5.74, 6) is 1.96. The van der Waals surface area contributed by atoms with Crippen molar-refractivity contribution in [1.82, 2.24) is 0 Å². The zero-order chi connectivity index (χ0) is 13.6. The summed E-state index contributed by atoms with van der Waals surface area (Å²) in [5, 5.41) is 11.2. The highest BCUT2D eigenvalue weighted by Gasteiger charge is 2.47. The van der Waals surface area contributed by atoms with Gasteiger partial charge in [-0.05, 0) is 60.6 Å².